The molecule has 76 valence electrons. The van der Waals surface area contributed by atoms with E-state index in [1.165, 1.54) is 30.4 Å². The summed E-state index contributed by atoms with van der Waals surface area (Å²) in [4.78, 5) is 7.17. The highest BCUT2D eigenvalue weighted by atomic mass is 15.1. The zero-order chi connectivity index (χ0) is 10.1. The summed E-state index contributed by atoms with van der Waals surface area (Å²) in [7, 11) is 0. The van der Waals surface area contributed by atoms with Gasteiger partial charge in [-0.25, -0.2) is 4.98 Å². The van der Waals surface area contributed by atoms with Gasteiger partial charge in [-0.15, -0.1) is 0 Å². The van der Waals surface area contributed by atoms with Crippen LogP contribution in [0.1, 0.15) is 17.5 Å². The van der Waals surface area contributed by atoms with Crippen molar-refractivity contribution in [1.82, 2.24) is 9.97 Å². The molecule has 0 amide bonds. The van der Waals surface area contributed by atoms with Gasteiger partial charge in [-0.3, -0.25) is 0 Å². The van der Waals surface area contributed by atoms with Crippen LogP contribution in [0.2, 0.25) is 0 Å². The number of aryl methyl sites for hydroxylation is 2. The lowest BCUT2D eigenvalue weighted by molar-refractivity contribution is 0.912. The topological polar surface area (TPSA) is 40.7 Å². The van der Waals surface area contributed by atoms with Crippen molar-refractivity contribution in [2.75, 3.05) is 5.32 Å². The van der Waals surface area contributed by atoms with Crippen LogP contribution in [-0.4, -0.2) is 9.97 Å². The Morgan fingerprint density at radius 1 is 1.20 bits per heavy atom. The molecule has 0 atom stereocenters. The van der Waals surface area contributed by atoms with E-state index in [9.17, 15) is 0 Å². The van der Waals surface area contributed by atoms with Gasteiger partial charge in [-0.2, -0.15) is 0 Å². The SMILES string of the molecule is c1c[nH]c(Nc2ccc3c(c2)CCC3)n1. The molecule has 0 spiro atoms. The molecule has 3 nitrogen and oxygen atoms in total. The van der Waals surface area contributed by atoms with E-state index in [-0.39, 0.29) is 0 Å². The van der Waals surface area contributed by atoms with Crippen molar-refractivity contribution in [3.05, 3.63) is 41.7 Å². The van der Waals surface area contributed by atoms with Crippen LogP contribution in [0.15, 0.2) is 30.6 Å². The minimum Gasteiger partial charge on any atom is -0.331 e. The molecule has 0 saturated carbocycles. The van der Waals surface area contributed by atoms with Gasteiger partial charge in [0.05, 0.1) is 0 Å². The molecule has 2 aromatic rings. The standard InChI is InChI=1S/C12H13N3/c1-2-9-4-5-11(8-10(9)3-1)15-12-13-6-7-14-12/h4-8H,1-3H2,(H2,13,14,15). The Balaban J connectivity index is 1.87. The highest BCUT2D eigenvalue weighted by molar-refractivity contribution is 5.56. The summed E-state index contributed by atoms with van der Waals surface area (Å²) in [5.74, 6) is 0.799. The van der Waals surface area contributed by atoms with Crippen molar-refractivity contribution >= 4 is 11.6 Å². The predicted octanol–water partition coefficient (Wildman–Crippen LogP) is 2.64. The zero-order valence-electron chi connectivity index (χ0n) is 8.46. The molecule has 3 heteroatoms. The number of imidazole rings is 1. The molecular weight excluding hydrogens is 186 g/mol. The number of hydrogen-bond acceptors (Lipinski definition) is 2. The summed E-state index contributed by atoms with van der Waals surface area (Å²) in [6.45, 7) is 0. The number of H-pyrrole nitrogens is 1. The van der Waals surface area contributed by atoms with E-state index in [0.717, 1.165) is 11.6 Å². The zero-order valence-corrected chi connectivity index (χ0v) is 8.46. The summed E-state index contributed by atoms with van der Waals surface area (Å²) in [5, 5.41) is 3.25. The first-order chi connectivity index (χ1) is 7.42. The van der Waals surface area contributed by atoms with E-state index < -0.39 is 0 Å². The molecule has 1 aromatic carbocycles. The van der Waals surface area contributed by atoms with Gasteiger partial charge < -0.3 is 10.3 Å². The molecule has 1 heterocycles. The second-order valence-electron chi connectivity index (χ2n) is 3.90. The molecule has 1 aromatic heterocycles. The molecule has 0 aliphatic heterocycles. The quantitative estimate of drug-likeness (QED) is 0.780. The van der Waals surface area contributed by atoms with Gasteiger partial charge in [0.25, 0.3) is 0 Å². The van der Waals surface area contributed by atoms with Crippen LogP contribution in [0.3, 0.4) is 0 Å². The summed E-state index contributed by atoms with van der Waals surface area (Å²) < 4.78 is 0. The smallest absolute Gasteiger partial charge is 0.204 e. The molecule has 0 unspecified atom stereocenters. The molecule has 2 N–H and O–H groups in total. The number of hydrogen-bond donors (Lipinski definition) is 2. The number of rotatable bonds is 2. The minimum absolute atomic E-state index is 0.799. The van der Waals surface area contributed by atoms with Crippen LogP contribution in [-0.2, 0) is 12.8 Å². The van der Waals surface area contributed by atoms with E-state index in [4.69, 9.17) is 0 Å². The maximum absolute atomic E-state index is 4.14. The Morgan fingerprint density at radius 3 is 3.00 bits per heavy atom. The molecule has 0 radical (unpaired) electrons. The third-order valence-electron chi connectivity index (χ3n) is 2.86. The van der Waals surface area contributed by atoms with Gasteiger partial charge in [0.2, 0.25) is 5.95 Å². The Kier molecular flexibility index (Phi) is 1.95. The molecular formula is C12H13N3. The molecule has 1 aliphatic rings. The molecule has 0 bridgehead atoms. The van der Waals surface area contributed by atoms with Crippen LogP contribution < -0.4 is 5.32 Å². The normalized spacial score (nSPS) is 13.9. The van der Waals surface area contributed by atoms with E-state index in [1.54, 1.807) is 6.20 Å². The van der Waals surface area contributed by atoms with Crippen LogP contribution in [0.25, 0.3) is 0 Å². The predicted molar refractivity (Wildman–Crippen MR) is 60.3 cm³/mol. The van der Waals surface area contributed by atoms with Crippen LogP contribution in [0, 0.1) is 0 Å². The monoisotopic (exact) mass is 199 g/mol. The lowest BCUT2D eigenvalue weighted by Gasteiger charge is -2.05. The van der Waals surface area contributed by atoms with Crippen molar-refractivity contribution in [3.8, 4) is 0 Å². The molecule has 0 fully saturated rings. The highest BCUT2D eigenvalue weighted by Crippen LogP contribution is 2.25. The Morgan fingerprint density at radius 2 is 2.13 bits per heavy atom. The third-order valence-corrected chi connectivity index (χ3v) is 2.86. The Bertz CT molecular complexity index is 460. The lowest BCUT2D eigenvalue weighted by Crippen LogP contribution is -1.93. The maximum Gasteiger partial charge on any atom is 0.204 e. The van der Waals surface area contributed by atoms with E-state index in [0.29, 0.717) is 0 Å². The largest absolute Gasteiger partial charge is 0.331 e. The minimum atomic E-state index is 0.799. The summed E-state index contributed by atoms with van der Waals surface area (Å²) >= 11 is 0. The van der Waals surface area contributed by atoms with Crippen molar-refractivity contribution in [3.63, 3.8) is 0 Å². The molecule has 0 saturated heterocycles. The van der Waals surface area contributed by atoms with E-state index in [2.05, 4.69) is 33.5 Å². The third kappa shape index (κ3) is 1.61. The molecule has 3 rings (SSSR count). The van der Waals surface area contributed by atoms with Crippen molar-refractivity contribution in [1.29, 1.82) is 0 Å². The lowest BCUT2D eigenvalue weighted by atomic mass is 10.1. The van der Waals surface area contributed by atoms with E-state index in [1.807, 2.05) is 6.20 Å². The first-order valence-electron chi connectivity index (χ1n) is 5.30. The number of nitrogens with zero attached hydrogens (tertiary/aromatic N) is 1. The van der Waals surface area contributed by atoms with Crippen molar-refractivity contribution in [2.45, 2.75) is 19.3 Å². The number of nitrogens with one attached hydrogen (secondary N) is 2. The highest BCUT2D eigenvalue weighted by Gasteiger charge is 2.10. The number of aromatic nitrogens is 2. The summed E-state index contributed by atoms with van der Waals surface area (Å²) in [5.41, 5.74) is 4.09. The van der Waals surface area contributed by atoms with Crippen LogP contribution >= 0.6 is 0 Å². The average molecular weight is 199 g/mol. The first kappa shape index (κ1) is 8.53. The molecule has 1 aliphatic carbocycles. The second-order valence-corrected chi connectivity index (χ2v) is 3.90. The van der Waals surface area contributed by atoms with Gasteiger partial charge >= 0.3 is 0 Å². The number of aromatic amines is 1. The second kappa shape index (κ2) is 3.42. The van der Waals surface area contributed by atoms with Crippen molar-refractivity contribution < 1.29 is 0 Å². The van der Waals surface area contributed by atoms with Crippen LogP contribution in [0.4, 0.5) is 11.6 Å². The van der Waals surface area contributed by atoms with Crippen LogP contribution in [0.5, 0.6) is 0 Å². The summed E-state index contributed by atoms with van der Waals surface area (Å²) in [6, 6.07) is 6.56. The number of anilines is 2. The number of benzene rings is 1. The van der Waals surface area contributed by atoms with Gasteiger partial charge in [0, 0.05) is 18.1 Å². The van der Waals surface area contributed by atoms with Gasteiger partial charge in [-0.1, -0.05) is 6.07 Å². The fourth-order valence-electron chi connectivity index (χ4n) is 2.12. The first-order valence-corrected chi connectivity index (χ1v) is 5.30. The maximum atomic E-state index is 4.14. The average Bonchev–Trinajstić information content (AvgIpc) is 2.87. The number of fused-ring (bicyclic) bond motifs is 1. The Labute approximate surface area is 88.6 Å². The summed E-state index contributed by atoms with van der Waals surface area (Å²) in [6.07, 6.45) is 7.30. The van der Waals surface area contributed by atoms with Gasteiger partial charge in [0.1, 0.15) is 0 Å². The van der Waals surface area contributed by atoms with Gasteiger partial charge in [0.15, 0.2) is 0 Å². The van der Waals surface area contributed by atoms with Gasteiger partial charge in [-0.05, 0) is 42.5 Å². The fourth-order valence-corrected chi connectivity index (χ4v) is 2.12. The fraction of sp³-hybridized carbons (Fsp3) is 0.250. The van der Waals surface area contributed by atoms with E-state index >= 15 is 0 Å². The Hall–Kier alpha value is -1.77. The van der Waals surface area contributed by atoms with Crippen molar-refractivity contribution in [2.24, 2.45) is 0 Å². The molecule has 15 heavy (non-hydrogen) atoms.